The maximum Gasteiger partial charge on any atom is 0.138 e. The highest BCUT2D eigenvalue weighted by Crippen LogP contribution is 2.34. The molecule has 0 atom stereocenters. The molecule has 3 aromatic heterocycles. The lowest BCUT2D eigenvalue weighted by atomic mass is 10.1. The molecule has 5 aromatic rings. The van der Waals surface area contributed by atoms with Crippen LogP contribution in [-0.4, -0.2) is 26.5 Å². The van der Waals surface area contributed by atoms with Gasteiger partial charge in [-0.1, -0.05) is 0 Å². The summed E-state index contributed by atoms with van der Waals surface area (Å²) >= 11 is 0. The van der Waals surface area contributed by atoms with E-state index >= 15 is 0 Å². The van der Waals surface area contributed by atoms with Gasteiger partial charge in [0.25, 0.3) is 0 Å². The number of rotatable bonds is 1. The maximum absolute atomic E-state index is 5.62. The van der Waals surface area contributed by atoms with Crippen molar-refractivity contribution in [2.24, 2.45) is 0 Å². The van der Waals surface area contributed by atoms with Crippen LogP contribution in [0, 0.1) is 0 Å². The number of nitrogens with zero attached hydrogens (tertiary/aromatic N) is 3. The van der Waals surface area contributed by atoms with E-state index in [-0.39, 0.29) is 0 Å². The van der Waals surface area contributed by atoms with E-state index in [9.17, 15) is 0 Å². The van der Waals surface area contributed by atoms with Crippen LogP contribution in [0.25, 0.3) is 44.2 Å². The Bertz CT molecular complexity index is 1250. The molecule has 6 rings (SSSR count). The Morgan fingerprint density at radius 3 is 2.58 bits per heavy atom. The molecule has 1 N–H and O–H groups in total. The Labute approximate surface area is 148 Å². The average Bonchev–Trinajstić information content (AvgIpc) is 3.35. The number of H-pyrrole nitrogens is 1. The van der Waals surface area contributed by atoms with Gasteiger partial charge in [-0.3, -0.25) is 9.97 Å². The summed E-state index contributed by atoms with van der Waals surface area (Å²) in [4.78, 5) is 17.6. The van der Waals surface area contributed by atoms with Gasteiger partial charge in [0.1, 0.15) is 11.6 Å². The normalized spacial score (nSPS) is 13.4. The molecule has 2 aromatic carbocycles. The molecule has 124 valence electrons. The van der Waals surface area contributed by atoms with Crippen molar-refractivity contribution in [3.63, 3.8) is 0 Å². The monoisotopic (exact) mass is 338 g/mol. The first-order chi connectivity index (χ1) is 12.9. The fourth-order valence-electron chi connectivity index (χ4n) is 3.81. The summed E-state index contributed by atoms with van der Waals surface area (Å²) in [6.45, 7) is 0.755. The summed E-state index contributed by atoms with van der Waals surface area (Å²) in [6, 6.07) is 14.3. The van der Waals surface area contributed by atoms with E-state index in [2.05, 4.69) is 39.2 Å². The van der Waals surface area contributed by atoms with Gasteiger partial charge >= 0.3 is 0 Å². The molecule has 0 saturated carbocycles. The number of aromatic nitrogens is 4. The molecule has 5 heteroatoms. The molecule has 0 fully saturated rings. The predicted octanol–water partition coefficient (Wildman–Crippen LogP) is 4.26. The Kier molecular flexibility index (Phi) is 2.66. The first kappa shape index (κ1) is 13.8. The molecule has 5 nitrogen and oxygen atoms in total. The minimum absolute atomic E-state index is 0.755. The lowest BCUT2D eigenvalue weighted by Crippen LogP contribution is -1.86. The summed E-state index contributed by atoms with van der Waals surface area (Å²) in [5, 5.41) is 2.05. The molecular formula is C21H14N4O. The van der Waals surface area contributed by atoms with Crippen molar-refractivity contribution in [2.75, 3.05) is 6.61 Å². The number of nitrogens with one attached hydrogen (secondary N) is 1. The van der Waals surface area contributed by atoms with E-state index in [1.165, 1.54) is 5.56 Å². The lowest BCUT2D eigenvalue weighted by molar-refractivity contribution is 0.357. The molecule has 4 heterocycles. The third kappa shape index (κ3) is 1.82. The number of imidazole rings is 1. The second-order valence-electron chi connectivity index (χ2n) is 6.53. The number of hydrogen-bond acceptors (Lipinski definition) is 4. The number of benzene rings is 2. The van der Waals surface area contributed by atoms with Gasteiger partial charge in [-0.15, -0.1) is 0 Å². The van der Waals surface area contributed by atoms with Gasteiger partial charge in [0.2, 0.25) is 0 Å². The van der Waals surface area contributed by atoms with E-state index < -0.39 is 0 Å². The number of ether oxygens (including phenoxy) is 1. The third-order valence-corrected chi connectivity index (χ3v) is 5.03. The molecule has 26 heavy (non-hydrogen) atoms. The van der Waals surface area contributed by atoms with Gasteiger partial charge in [-0.2, -0.15) is 0 Å². The van der Waals surface area contributed by atoms with Gasteiger partial charge in [0, 0.05) is 35.2 Å². The highest BCUT2D eigenvalue weighted by molar-refractivity contribution is 6.21. The largest absolute Gasteiger partial charge is 0.493 e. The first-order valence-corrected chi connectivity index (χ1v) is 8.66. The van der Waals surface area contributed by atoms with Gasteiger partial charge < -0.3 is 9.72 Å². The van der Waals surface area contributed by atoms with E-state index in [0.717, 1.165) is 63.0 Å². The van der Waals surface area contributed by atoms with Crippen LogP contribution in [0.1, 0.15) is 5.56 Å². The molecular weight excluding hydrogens is 324 g/mol. The summed E-state index contributed by atoms with van der Waals surface area (Å²) in [7, 11) is 0. The van der Waals surface area contributed by atoms with Crippen molar-refractivity contribution in [1.29, 1.82) is 0 Å². The Balaban J connectivity index is 1.70. The predicted molar refractivity (Wildman–Crippen MR) is 101 cm³/mol. The van der Waals surface area contributed by atoms with Crippen molar-refractivity contribution in [1.82, 2.24) is 19.9 Å². The van der Waals surface area contributed by atoms with E-state index in [0.29, 0.717) is 0 Å². The number of pyridine rings is 2. The van der Waals surface area contributed by atoms with Crippen LogP contribution in [-0.2, 0) is 6.42 Å². The van der Waals surface area contributed by atoms with E-state index in [4.69, 9.17) is 9.72 Å². The quantitative estimate of drug-likeness (QED) is 0.464. The zero-order chi connectivity index (χ0) is 17.1. The minimum Gasteiger partial charge on any atom is -0.493 e. The SMILES string of the molecule is c1cnc2c(c1)c1nc(-c3ccc4c(c3)CCO4)[nH]c1c1cccnc12. The van der Waals surface area contributed by atoms with Crippen molar-refractivity contribution < 1.29 is 4.74 Å². The van der Waals surface area contributed by atoms with Crippen LogP contribution in [0.2, 0.25) is 0 Å². The first-order valence-electron chi connectivity index (χ1n) is 8.66. The van der Waals surface area contributed by atoms with Crippen LogP contribution in [0.4, 0.5) is 0 Å². The van der Waals surface area contributed by atoms with Crippen molar-refractivity contribution in [3.05, 3.63) is 60.4 Å². The lowest BCUT2D eigenvalue weighted by Gasteiger charge is -2.03. The highest BCUT2D eigenvalue weighted by atomic mass is 16.5. The van der Waals surface area contributed by atoms with Gasteiger partial charge in [-0.05, 0) is 48.0 Å². The standard InChI is InChI=1S/C21H14N4O/c1-3-14-17(22-8-1)18-15(4-2-9-23-18)20-19(14)24-21(25-20)13-5-6-16-12(11-13)7-10-26-16/h1-6,8-9,11H,7,10H2,(H,24,25). The molecule has 0 bridgehead atoms. The van der Waals surface area contributed by atoms with Crippen molar-refractivity contribution in [3.8, 4) is 17.1 Å². The Morgan fingerprint density at radius 1 is 0.885 bits per heavy atom. The maximum atomic E-state index is 5.62. The minimum atomic E-state index is 0.755. The summed E-state index contributed by atoms with van der Waals surface area (Å²) < 4.78 is 5.62. The molecule has 0 radical (unpaired) electrons. The molecule has 1 aliphatic rings. The second-order valence-corrected chi connectivity index (χ2v) is 6.53. The number of aromatic amines is 1. The fourth-order valence-corrected chi connectivity index (χ4v) is 3.81. The Hall–Kier alpha value is -3.47. The van der Waals surface area contributed by atoms with Crippen LogP contribution in [0.5, 0.6) is 5.75 Å². The summed E-state index contributed by atoms with van der Waals surface area (Å²) in [5.41, 5.74) is 6.02. The molecule has 0 saturated heterocycles. The smallest absolute Gasteiger partial charge is 0.138 e. The van der Waals surface area contributed by atoms with E-state index in [1.807, 2.05) is 18.2 Å². The molecule has 0 amide bonds. The summed E-state index contributed by atoms with van der Waals surface area (Å²) in [5.74, 6) is 1.84. The van der Waals surface area contributed by atoms with Crippen LogP contribution >= 0.6 is 0 Å². The highest BCUT2D eigenvalue weighted by Gasteiger charge is 2.17. The zero-order valence-corrected chi connectivity index (χ0v) is 13.9. The van der Waals surface area contributed by atoms with Gasteiger partial charge in [0.15, 0.2) is 0 Å². The van der Waals surface area contributed by atoms with Crippen molar-refractivity contribution >= 4 is 32.8 Å². The zero-order valence-electron chi connectivity index (χ0n) is 13.9. The summed E-state index contributed by atoms with van der Waals surface area (Å²) in [6.07, 6.45) is 4.56. The fraction of sp³-hybridized carbons (Fsp3) is 0.0952. The van der Waals surface area contributed by atoms with Crippen LogP contribution in [0.3, 0.4) is 0 Å². The average molecular weight is 338 g/mol. The second kappa shape index (κ2) is 5.02. The van der Waals surface area contributed by atoms with Crippen molar-refractivity contribution in [2.45, 2.75) is 6.42 Å². The van der Waals surface area contributed by atoms with Crippen LogP contribution in [0.15, 0.2) is 54.9 Å². The van der Waals surface area contributed by atoms with Crippen LogP contribution < -0.4 is 4.74 Å². The molecule has 1 aliphatic heterocycles. The topological polar surface area (TPSA) is 63.7 Å². The molecule has 0 unspecified atom stereocenters. The number of fused-ring (bicyclic) bond motifs is 7. The van der Waals surface area contributed by atoms with E-state index in [1.54, 1.807) is 12.4 Å². The van der Waals surface area contributed by atoms with Gasteiger partial charge in [-0.25, -0.2) is 4.98 Å². The third-order valence-electron chi connectivity index (χ3n) is 5.03. The molecule has 0 spiro atoms. The van der Waals surface area contributed by atoms with Gasteiger partial charge in [0.05, 0.1) is 28.7 Å². The molecule has 0 aliphatic carbocycles. The Morgan fingerprint density at radius 2 is 1.69 bits per heavy atom. The number of hydrogen-bond donors (Lipinski definition) is 1.